The van der Waals surface area contributed by atoms with E-state index in [2.05, 4.69) is 50.7 Å². The van der Waals surface area contributed by atoms with Crippen molar-refractivity contribution in [1.29, 1.82) is 0 Å². The van der Waals surface area contributed by atoms with Crippen molar-refractivity contribution in [2.45, 2.75) is 10.9 Å². The lowest BCUT2D eigenvalue weighted by Gasteiger charge is -2.14. The third kappa shape index (κ3) is 3.37. The lowest BCUT2D eigenvalue weighted by molar-refractivity contribution is 0.660. The molecular weight excluding hydrogens is 310 g/mol. The van der Waals surface area contributed by atoms with Gasteiger partial charge < -0.3 is 5.32 Å². The highest BCUT2D eigenvalue weighted by atomic mass is 79.9. The Morgan fingerprint density at radius 1 is 1.44 bits per heavy atom. The van der Waals surface area contributed by atoms with Crippen molar-refractivity contribution >= 4 is 27.7 Å². The Kier molecular flexibility index (Phi) is 4.86. The molecule has 1 atom stereocenters. The van der Waals surface area contributed by atoms with Crippen molar-refractivity contribution in [1.82, 2.24) is 15.1 Å². The first-order chi connectivity index (χ1) is 8.70. The van der Waals surface area contributed by atoms with Crippen molar-refractivity contribution in [3.05, 3.63) is 46.7 Å². The van der Waals surface area contributed by atoms with Gasteiger partial charge in [-0.25, -0.2) is 0 Å². The number of aryl methyl sites for hydroxylation is 1. The molecule has 0 bridgehead atoms. The van der Waals surface area contributed by atoms with E-state index in [9.17, 15) is 0 Å². The maximum absolute atomic E-state index is 4.22. The number of hydrogen-bond donors (Lipinski definition) is 1. The summed E-state index contributed by atoms with van der Waals surface area (Å²) in [5.41, 5.74) is 1.22. The lowest BCUT2D eigenvalue weighted by atomic mass is 10.2. The Labute approximate surface area is 120 Å². The molecule has 2 aromatic rings. The predicted molar refractivity (Wildman–Crippen MR) is 79.9 cm³/mol. The molecule has 1 aromatic carbocycles. The summed E-state index contributed by atoms with van der Waals surface area (Å²) < 4.78 is 2.99. The van der Waals surface area contributed by atoms with Crippen molar-refractivity contribution in [2.24, 2.45) is 7.05 Å². The molecule has 3 nitrogen and oxygen atoms in total. The fourth-order valence-electron chi connectivity index (χ4n) is 1.70. The summed E-state index contributed by atoms with van der Waals surface area (Å²) in [4.78, 5) is 1.27. The molecule has 0 aliphatic heterocycles. The van der Waals surface area contributed by atoms with E-state index in [0.717, 1.165) is 10.2 Å². The van der Waals surface area contributed by atoms with Crippen LogP contribution in [0.25, 0.3) is 0 Å². The normalized spacial score (nSPS) is 12.6. The van der Waals surface area contributed by atoms with Crippen molar-refractivity contribution in [2.75, 3.05) is 12.8 Å². The van der Waals surface area contributed by atoms with Crippen LogP contribution in [0.1, 0.15) is 11.6 Å². The number of halogens is 1. The van der Waals surface area contributed by atoms with Gasteiger partial charge in [0.15, 0.2) is 0 Å². The fraction of sp³-hybridized carbons (Fsp3) is 0.308. The summed E-state index contributed by atoms with van der Waals surface area (Å²) >= 11 is 5.41. The first kappa shape index (κ1) is 13.6. The average molecular weight is 326 g/mol. The maximum atomic E-state index is 4.22. The second-order valence-corrected chi connectivity index (χ2v) is 5.95. The second-order valence-electron chi connectivity index (χ2n) is 4.03. The Balaban J connectivity index is 2.02. The van der Waals surface area contributed by atoms with Gasteiger partial charge in [-0.3, -0.25) is 4.68 Å². The van der Waals surface area contributed by atoms with E-state index in [0.29, 0.717) is 6.04 Å². The van der Waals surface area contributed by atoms with Crippen LogP contribution in [0.5, 0.6) is 0 Å². The van der Waals surface area contributed by atoms with E-state index in [4.69, 9.17) is 0 Å². The van der Waals surface area contributed by atoms with Gasteiger partial charge >= 0.3 is 0 Å². The number of aromatic nitrogens is 2. The molecule has 1 N–H and O–H groups in total. The lowest BCUT2D eigenvalue weighted by Crippen LogP contribution is -2.18. The predicted octanol–water partition coefficient (Wildman–Crippen LogP) is 3.24. The maximum Gasteiger partial charge on any atom is 0.0537 e. The molecule has 0 fully saturated rings. The third-order valence-corrected chi connectivity index (χ3v) is 4.84. The Morgan fingerprint density at radius 2 is 2.22 bits per heavy atom. The van der Waals surface area contributed by atoms with Crippen LogP contribution in [0.3, 0.4) is 0 Å². The zero-order valence-electron chi connectivity index (χ0n) is 10.4. The minimum Gasteiger partial charge on any atom is -0.312 e. The van der Waals surface area contributed by atoms with E-state index in [-0.39, 0.29) is 0 Å². The molecule has 1 heterocycles. The zero-order chi connectivity index (χ0) is 13.0. The van der Waals surface area contributed by atoms with E-state index in [1.807, 2.05) is 42.8 Å². The standard InChI is InChI=1S/C13H16BrN3S/c1-15-12(10-7-16-17(2)8-10)9-18-13-6-4-3-5-11(13)14/h3-8,12,15H,9H2,1-2H3. The van der Waals surface area contributed by atoms with Gasteiger partial charge in [-0.2, -0.15) is 5.10 Å². The van der Waals surface area contributed by atoms with Crippen LogP contribution < -0.4 is 5.32 Å². The second kappa shape index (κ2) is 6.41. The minimum atomic E-state index is 0.316. The third-order valence-electron chi connectivity index (χ3n) is 2.72. The monoisotopic (exact) mass is 325 g/mol. The minimum absolute atomic E-state index is 0.316. The number of nitrogens with one attached hydrogen (secondary N) is 1. The zero-order valence-corrected chi connectivity index (χ0v) is 12.8. The van der Waals surface area contributed by atoms with Crippen LogP contribution in [0.2, 0.25) is 0 Å². The number of hydrogen-bond acceptors (Lipinski definition) is 3. The van der Waals surface area contributed by atoms with Gasteiger partial charge in [-0.05, 0) is 35.1 Å². The molecule has 2 rings (SSSR count). The van der Waals surface area contributed by atoms with Gasteiger partial charge in [0, 0.05) is 40.0 Å². The summed E-state index contributed by atoms with van der Waals surface area (Å²) in [7, 11) is 3.93. The summed E-state index contributed by atoms with van der Waals surface area (Å²) in [6.45, 7) is 0. The van der Waals surface area contributed by atoms with E-state index >= 15 is 0 Å². The van der Waals surface area contributed by atoms with Crippen LogP contribution in [0.15, 0.2) is 46.0 Å². The van der Waals surface area contributed by atoms with Gasteiger partial charge in [-0.15, -0.1) is 11.8 Å². The molecule has 0 aliphatic carbocycles. The first-order valence-electron chi connectivity index (χ1n) is 5.74. The fourth-order valence-corrected chi connectivity index (χ4v) is 3.42. The van der Waals surface area contributed by atoms with Gasteiger partial charge in [-0.1, -0.05) is 12.1 Å². The molecule has 0 spiro atoms. The molecule has 0 amide bonds. The highest BCUT2D eigenvalue weighted by Crippen LogP contribution is 2.30. The molecule has 1 unspecified atom stereocenters. The molecule has 1 aromatic heterocycles. The van der Waals surface area contributed by atoms with Crippen LogP contribution in [0, 0.1) is 0 Å². The molecule has 0 radical (unpaired) electrons. The van der Waals surface area contributed by atoms with Crippen LogP contribution in [-0.4, -0.2) is 22.6 Å². The van der Waals surface area contributed by atoms with Crippen LogP contribution in [-0.2, 0) is 7.05 Å². The highest BCUT2D eigenvalue weighted by Gasteiger charge is 2.12. The molecule has 0 saturated heterocycles. The van der Waals surface area contributed by atoms with Crippen molar-refractivity contribution in [3.8, 4) is 0 Å². The molecule has 0 saturated carbocycles. The van der Waals surface area contributed by atoms with Crippen LogP contribution in [0.4, 0.5) is 0 Å². The molecule has 5 heteroatoms. The summed E-state index contributed by atoms with van der Waals surface area (Å²) in [6.07, 6.45) is 3.98. The number of rotatable bonds is 5. The Bertz CT molecular complexity index is 512. The average Bonchev–Trinajstić information content (AvgIpc) is 2.79. The molecule has 18 heavy (non-hydrogen) atoms. The number of nitrogens with zero attached hydrogens (tertiary/aromatic N) is 2. The van der Waals surface area contributed by atoms with E-state index in [1.165, 1.54) is 10.5 Å². The SMILES string of the molecule is CNC(CSc1ccccc1Br)c1cnn(C)c1. The molecular formula is C13H16BrN3S. The highest BCUT2D eigenvalue weighted by molar-refractivity contribution is 9.10. The number of benzene rings is 1. The van der Waals surface area contributed by atoms with Gasteiger partial charge in [0.25, 0.3) is 0 Å². The van der Waals surface area contributed by atoms with Crippen molar-refractivity contribution in [3.63, 3.8) is 0 Å². The van der Waals surface area contributed by atoms with Gasteiger partial charge in [0.05, 0.1) is 6.20 Å². The summed E-state index contributed by atoms with van der Waals surface area (Å²) in [6, 6.07) is 8.61. The summed E-state index contributed by atoms with van der Waals surface area (Å²) in [5.74, 6) is 0.977. The largest absolute Gasteiger partial charge is 0.312 e. The Morgan fingerprint density at radius 3 is 2.83 bits per heavy atom. The van der Waals surface area contributed by atoms with Gasteiger partial charge in [0.1, 0.15) is 0 Å². The Hall–Kier alpha value is -0.780. The summed E-state index contributed by atoms with van der Waals surface area (Å²) in [5, 5.41) is 7.55. The van der Waals surface area contributed by atoms with E-state index < -0.39 is 0 Å². The van der Waals surface area contributed by atoms with Gasteiger partial charge in [0.2, 0.25) is 0 Å². The molecule has 96 valence electrons. The van der Waals surface area contributed by atoms with Crippen LogP contribution >= 0.6 is 27.7 Å². The smallest absolute Gasteiger partial charge is 0.0537 e. The first-order valence-corrected chi connectivity index (χ1v) is 7.51. The van der Waals surface area contributed by atoms with E-state index in [1.54, 1.807) is 0 Å². The number of thioether (sulfide) groups is 1. The van der Waals surface area contributed by atoms with Crippen molar-refractivity contribution < 1.29 is 0 Å². The quantitative estimate of drug-likeness (QED) is 0.856. The topological polar surface area (TPSA) is 29.9 Å². The molecule has 0 aliphatic rings.